The van der Waals surface area contributed by atoms with Gasteiger partial charge >= 0.3 is 0 Å². The molecule has 1 aromatic carbocycles. The van der Waals surface area contributed by atoms with Gasteiger partial charge in [0.2, 0.25) is 0 Å². The van der Waals surface area contributed by atoms with Gasteiger partial charge in [-0.05, 0) is 12.1 Å². The first kappa shape index (κ1) is 12.7. The van der Waals surface area contributed by atoms with E-state index < -0.39 is 0 Å². The Hall–Kier alpha value is -2.34. The highest BCUT2D eigenvalue weighted by molar-refractivity contribution is 6.33. The van der Waals surface area contributed by atoms with E-state index in [0.29, 0.717) is 27.7 Å². The molecule has 20 heavy (non-hydrogen) atoms. The fourth-order valence-corrected chi connectivity index (χ4v) is 2.13. The molecular formula is C13H11ClN4O2. The Balaban J connectivity index is 2.27. The van der Waals surface area contributed by atoms with Gasteiger partial charge in [-0.3, -0.25) is 0 Å². The number of nitrogens with zero attached hydrogens (tertiary/aromatic N) is 4. The van der Waals surface area contributed by atoms with Crippen molar-refractivity contribution in [2.24, 2.45) is 0 Å². The van der Waals surface area contributed by atoms with E-state index in [1.54, 1.807) is 25.1 Å². The monoisotopic (exact) mass is 290 g/mol. The fourth-order valence-electron chi connectivity index (χ4n) is 1.95. The van der Waals surface area contributed by atoms with Gasteiger partial charge in [0.05, 0.1) is 25.8 Å². The Labute approximate surface area is 119 Å². The Bertz CT molecular complexity index is 772. The molecule has 6 nitrogen and oxygen atoms in total. The van der Waals surface area contributed by atoms with Crippen LogP contribution in [0.5, 0.6) is 11.5 Å². The first-order chi connectivity index (χ1) is 9.74. The van der Waals surface area contributed by atoms with Crippen LogP contribution in [0.1, 0.15) is 0 Å². The molecule has 0 unspecified atom stereocenters. The van der Waals surface area contributed by atoms with Crippen LogP contribution in [0.25, 0.3) is 16.7 Å². The van der Waals surface area contributed by atoms with E-state index in [1.165, 1.54) is 6.33 Å². The molecule has 0 N–H and O–H groups in total. The molecule has 7 heteroatoms. The summed E-state index contributed by atoms with van der Waals surface area (Å²) in [5.74, 6) is 1.36. The van der Waals surface area contributed by atoms with Crippen LogP contribution in [0.15, 0.2) is 30.7 Å². The van der Waals surface area contributed by atoms with Gasteiger partial charge in [0.15, 0.2) is 5.65 Å². The normalized spacial score (nSPS) is 10.8. The third kappa shape index (κ3) is 1.94. The molecule has 0 radical (unpaired) electrons. The minimum absolute atomic E-state index is 0.364. The minimum atomic E-state index is 0.364. The largest absolute Gasteiger partial charge is 0.497 e. The lowest BCUT2D eigenvalue weighted by Gasteiger charge is -2.10. The molecular weight excluding hydrogens is 280 g/mol. The van der Waals surface area contributed by atoms with E-state index in [1.807, 2.05) is 18.2 Å². The van der Waals surface area contributed by atoms with Gasteiger partial charge in [-0.25, -0.2) is 14.6 Å². The van der Waals surface area contributed by atoms with Crippen molar-refractivity contribution in [2.45, 2.75) is 0 Å². The van der Waals surface area contributed by atoms with Gasteiger partial charge in [0.1, 0.15) is 28.7 Å². The average Bonchev–Trinajstić information content (AvgIpc) is 2.92. The van der Waals surface area contributed by atoms with E-state index in [2.05, 4.69) is 15.1 Å². The zero-order valence-electron chi connectivity index (χ0n) is 10.9. The molecule has 0 bridgehead atoms. The number of fused-ring (bicyclic) bond motifs is 1. The maximum atomic E-state index is 6.03. The van der Waals surface area contributed by atoms with Crippen molar-refractivity contribution in [1.82, 2.24) is 19.7 Å². The second kappa shape index (κ2) is 4.97. The fraction of sp³-hybridized carbons (Fsp3) is 0.154. The van der Waals surface area contributed by atoms with E-state index in [0.717, 1.165) is 5.69 Å². The number of hydrogen-bond donors (Lipinski definition) is 0. The molecule has 0 atom stereocenters. The van der Waals surface area contributed by atoms with Crippen LogP contribution in [-0.4, -0.2) is 34.0 Å². The Morgan fingerprint density at radius 2 is 2.00 bits per heavy atom. The van der Waals surface area contributed by atoms with Gasteiger partial charge in [-0.1, -0.05) is 11.6 Å². The van der Waals surface area contributed by atoms with E-state index in [-0.39, 0.29) is 0 Å². The third-order valence-corrected chi connectivity index (χ3v) is 3.23. The van der Waals surface area contributed by atoms with Crippen molar-refractivity contribution in [3.8, 4) is 17.2 Å². The number of methoxy groups -OCH3 is 2. The van der Waals surface area contributed by atoms with Crippen molar-refractivity contribution in [3.05, 3.63) is 35.9 Å². The molecule has 3 aromatic rings. The van der Waals surface area contributed by atoms with Gasteiger partial charge in [0.25, 0.3) is 0 Å². The lowest BCUT2D eigenvalue weighted by atomic mass is 10.2. The summed E-state index contributed by atoms with van der Waals surface area (Å²) in [6.45, 7) is 0. The highest BCUT2D eigenvalue weighted by Gasteiger charge is 2.14. The van der Waals surface area contributed by atoms with Crippen LogP contribution >= 0.6 is 11.6 Å². The molecule has 2 heterocycles. The number of halogens is 1. The molecule has 3 rings (SSSR count). The standard InChI is InChI=1S/C13H11ClN4O2/c1-19-8-3-4-11(20-2)10(5-8)18-13-9(6-17-18)12(14)15-7-16-13/h3-7H,1-2H3. The zero-order valence-corrected chi connectivity index (χ0v) is 11.6. The number of benzene rings is 1. The minimum Gasteiger partial charge on any atom is -0.497 e. The predicted molar refractivity (Wildman–Crippen MR) is 74.8 cm³/mol. The zero-order chi connectivity index (χ0) is 14.1. The van der Waals surface area contributed by atoms with E-state index >= 15 is 0 Å². The molecule has 0 spiro atoms. The Morgan fingerprint density at radius 1 is 1.15 bits per heavy atom. The van der Waals surface area contributed by atoms with Crippen molar-refractivity contribution in [3.63, 3.8) is 0 Å². The lowest BCUT2D eigenvalue weighted by molar-refractivity contribution is 0.401. The van der Waals surface area contributed by atoms with E-state index in [4.69, 9.17) is 21.1 Å². The van der Waals surface area contributed by atoms with Crippen LogP contribution in [0, 0.1) is 0 Å². The molecule has 0 saturated carbocycles. The molecule has 0 saturated heterocycles. The third-order valence-electron chi connectivity index (χ3n) is 2.93. The molecule has 0 aliphatic heterocycles. The summed E-state index contributed by atoms with van der Waals surface area (Å²) in [5, 5.41) is 5.35. The quantitative estimate of drug-likeness (QED) is 0.694. The van der Waals surface area contributed by atoms with Gasteiger partial charge in [0, 0.05) is 6.07 Å². The summed E-state index contributed by atoms with van der Waals surface area (Å²) in [7, 11) is 3.20. The first-order valence-electron chi connectivity index (χ1n) is 5.81. The topological polar surface area (TPSA) is 62.1 Å². The summed E-state index contributed by atoms with van der Waals surface area (Å²) < 4.78 is 12.2. The lowest BCUT2D eigenvalue weighted by Crippen LogP contribution is -2.01. The summed E-state index contributed by atoms with van der Waals surface area (Å²) >= 11 is 6.03. The van der Waals surface area contributed by atoms with Crippen LogP contribution in [0.4, 0.5) is 0 Å². The molecule has 0 fully saturated rings. The maximum Gasteiger partial charge on any atom is 0.167 e. The van der Waals surface area contributed by atoms with Gasteiger partial charge in [-0.15, -0.1) is 0 Å². The predicted octanol–water partition coefficient (Wildman–Crippen LogP) is 2.49. The number of aromatic nitrogens is 4. The van der Waals surface area contributed by atoms with Crippen LogP contribution in [-0.2, 0) is 0 Å². The Kier molecular flexibility index (Phi) is 3.15. The smallest absolute Gasteiger partial charge is 0.167 e. The molecule has 0 amide bonds. The Morgan fingerprint density at radius 3 is 2.75 bits per heavy atom. The van der Waals surface area contributed by atoms with Crippen LogP contribution in [0.2, 0.25) is 5.15 Å². The van der Waals surface area contributed by atoms with Crippen LogP contribution < -0.4 is 9.47 Å². The van der Waals surface area contributed by atoms with Crippen molar-refractivity contribution in [2.75, 3.05) is 14.2 Å². The first-order valence-corrected chi connectivity index (χ1v) is 6.19. The molecule has 0 aliphatic carbocycles. The summed E-state index contributed by atoms with van der Waals surface area (Å²) in [6, 6.07) is 5.45. The van der Waals surface area contributed by atoms with Crippen molar-refractivity contribution >= 4 is 22.6 Å². The van der Waals surface area contributed by atoms with Crippen molar-refractivity contribution < 1.29 is 9.47 Å². The molecule has 0 aliphatic rings. The summed E-state index contributed by atoms with van der Waals surface area (Å²) in [5.41, 5.74) is 1.33. The maximum absolute atomic E-state index is 6.03. The van der Waals surface area contributed by atoms with Gasteiger partial charge in [-0.2, -0.15) is 5.10 Å². The number of rotatable bonds is 3. The second-order valence-corrected chi connectivity index (χ2v) is 4.35. The van der Waals surface area contributed by atoms with E-state index in [9.17, 15) is 0 Å². The highest BCUT2D eigenvalue weighted by atomic mass is 35.5. The average molecular weight is 291 g/mol. The summed E-state index contributed by atoms with van der Waals surface area (Å²) in [6.07, 6.45) is 3.02. The molecule has 2 aromatic heterocycles. The summed E-state index contributed by atoms with van der Waals surface area (Å²) in [4.78, 5) is 8.15. The van der Waals surface area contributed by atoms with Crippen molar-refractivity contribution in [1.29, 1.82) is 0 Å². The number of ether oxygens (including phenoxy) is 2. The number of hydrogen-bond acceptors (Lipinski definition) is 5. The van der Waals surface area contributed by atoms with Gasteiger partial charge < -0.3 is 9.47 Å². The molecule has 102 valence electrons. The highest BCUT2D eigenvalue weighted by Crippen LogP contribution is 2.30. The SMILES string of the molecule is COc1ccc(OC)c(-n2ncc3c(Cl)ncnc32)c1. The van der Waals surface area contributed by atoms with Crippen LogP contribution in [0.3, 0.4) is 0 Å². The second-order valence-electron chi connectivity index (χ2n) is 4.00.